The maximum atomic E-state index is 12.5. The molecule has 0 atom stereocenters. The van der Waals surface area contributed by atoms with E-state index in [0.29, 0.717) is 17.7 Å². The van der Waals surface area contributed by atoms with E-state index in [1.165, 1.54) is 0 Å². The number of nitrogens with one attached hydrogen (secondary N) is 3. The van der Waals surface area contributed by atoms with Gasteiger partial charge in [-0.15, -0.1) is 0 Å². The Hall–Kier alpha value is -3.19. The Morgan fingerprint density at radius 3 is 2.85 bits per heavy atom. The monoisotopic (exact) mass is 350 g/mol. The number of amidine groups is 1. The highest BCUT2D eigenvalue weighted by molar-refractivity contribution is 6.14. The number of hydrogen-bond donors (Lipinski definition) is 4. The van der Waals surface area contributed by atoms with Gasteiger partial charge in [0.15, 0.2) is 0 Å². The first kappa shape index (κ1) is 17.6. The molecule has 0 saturated heterocycles. The van der Waals surface area contributed by atoms with Crippen molar-refractivity contribution in [2.45, 2.75) is 13.0 Å². The minimum atomic E-state index is -0.334. The molecular formula is C19H22N6O. The van der Waals surface area contributed by atoms with Gasteiger partial charge in [-0.3, -0.25) is 10.2 Å². The lowest BCUT2D eigenvalue weighted by Gasteiger charge is -2.11. The molecule has 3 aromatic rings. The molecule has 7 heteroatoms. The highest BCUT2D eigenvalue weighted by atomic mass is 16.1. The molecule has 134 valence electrons. The highest BCUT2D eigenvalue weighted by Gasteiger charge is 2.13. The molecule has 5 N–H and O–H groups in total. The normalized spacial score (nSPS) is 10.7. The first-order chi connectivity index (χ1) is 12.6. The fraction of sp³-hybridized carbons (Fsp3) is 0.211. The Morgan fingerprint density at radius 1 is 1.27 bits per heavy atom. The largest absolute Gasteiger partial charge is 0.388 e. The van der Waals surface area contributed by atoms with Crippen LogP contribution in [0.25, 0.3) is 11.0 Å². The molecule has 0 bridgehead atoms. The SMILES string of the molecule is CNc1ccccc1C(=N)NC(=O)c1ccc2c(c1)ncn2CCCN. The summed E-state index contributed by atoms with van der Waals surface area (Å²) in [6, 6.07) is 12.7. The lowest BCUT2D eigenvalue weighted by Crippen LogP contribution is -2.31. The Balaban J connectivity index is 1.78. The van der Waals surface area contributed by atoms with Gasteiger partial charge in [0.05, 0.1) is 17.4 Å². The molecule has 0 radical (unpaired) electrons. The number of carbonyl (C=O) groups excluding carboxylic acids is 1. The molecule has 0 spiro atoms. The van der Waals surface area contributed by atoms with Gasteiger partial charge in [0.1, 0.15) is 5.84 Å². The van der Waals surface area contributed by atoms with E-state index in [4.69, 9.17) is 11.1 Å². The maximum Gasteiger partial charge on any atom is 0.256 e. The second-order valence-electron chi connectivity index (χ2n) is 5.91. The summed E-state index contributed by atoms with van der Waals surface area (Å²) >= 11 is 0. The van der Waals surface area contributed by atoms with Crippen molar-refractivity contribution in [3.8, 4) is 0 Å². The van der Waals surface area contributed by atoms with Gasteiger partial charge in [-0.05, 0) is 43.3 Å². The van der Waals surface area contributed by atoms with E-state index in [-0.39, 0.29) is 11.7 Å². The Kier molecular flexibility index (Phi) is 5.28. The van der Waals surface area contributed by atoms with Gasteiger partial charge in [0.2, 0.25) is 0 Å². The quantitative estimate of drug-likeness (QED) is 0.403. The zero-order valence-corrected chi connectivity index (χ0v) is 14.6. The van der Waals surface area contributed by atoms with E-state index in [1.807, 2.05) is 28.8 Å². The van der Waals surface area contributed by atoms with Gasteiger partial charge < -0.3 is 20.9 Å². The van der Waals surface area contributed by atoms with E-state index in [0.717, 1.165) is 29.7 Å². The minimum absolute atomic E-state index is 0.0496. The molecule has 0 aliphatic carbocycles. The Labute approximate surface area is 151 Å². The van der Waals surface area contributed by atoms with Gasteiger partial charge in [0, 0.05) is 30.4 Å². The van der Waals surface area contributed by atoms with Crippen molar-refractivity contribution in [2.75, 3.05) is 18.9 Å². The van der Waals surface area contributed by atoms with Gasteiger partial charge in [-0.2, -0.15) is 0 Å². The summed E-state index contributed by atoms with van der Waals surface area (Å²) < 4.78 is 2.02. The van der Waals surface area contributed by atoms with E-state index in [9.17, 15) is 4.79 Å². The topological polar surface area (TPSA) is 109 Å². The van der Waals surface area contributed by atoms with Crippen LogP contribution in [0.3, 0.4) is 0 Å². The molecule has 0 aliphatic heterocycles. The number of fused-ring (bicyclic) bond motifs is 1. The van der Waals surface area contributed by atoms with Crippen LogP contribution in [0.2, 0.25) is 0 Å². The number of imidazole rings is 1. The molecule has 3 rings (SSSR count). The van der Waals surface area contributed by atoms with Crippen molar-refractivity contribution in [1.29, 1.82) is 5.41 Å². The summed E-state index contributed by atoms with van der Waals surface area (Å²) in [6.07, 6.45) is 2.63. The number of amides is 1. The Morgan fingerprint density at radius 2 is 2.08 bits per heavy atom. The molecule has 0 fully saturated rings. The summed E-state index contributed by atoms with van der Waals surface area (Å²) in [5.74, 6) is -0.284. The van der Waals surface area contributed by atoms with Crippen molar-refractivity contribution >= 4 is 28.5 Å². The molecule has 7 nitrogen and oxygen atoms in total. The van der Waals surface area contributed by atoms with Crippen LogP contribution < -0.4 is 16.4 Å². The number of carbonyl (C=O) groups is 1. The predicted molar refractivity (Wildman–Crippen MR) is 104 cm³/mol. The van der Waals surface area contributed by atoms with Crippen LogP contribution in [-0.4, -0.2) is 34.9 Å². The molecule has 1 heterocycles. The average Bonchev–Trinajstić information content (AvgIpc) is 3.08. The second kappa shape index (κ2) is 7.79. The van der Waals surface area contributed by atoms with E-state index >= 15 is 0 Å². The lowest BCUT2D eigenvalue weighted by molar-refractivity contribution is 0.0977. The van der Waals surface area contributed by atoms with Crippen molar-refractivity contribution in [3.05, 3.63) is 59.9 Å². The summed E-state index contributed by atoms with van der Waals surface area (Å²) in [5, 5.41) is 13.9. The third-order valence-electron chi connectivity index (χ3n) is 4.19. The van der Waals surface area contributed by atoms with Crippen molar-refractivity contribution in [1.82, 2.24) is 14.9 Å². The molecule has 1 aromatic heterocycles. The predicted octanol–water partition coefficient (Wildman–Crippen LogP) is 2.18. The lowest BCUT2D eigenvalue weighted by atomic mass is 10.1. The van der Waals surface area contributed by atoms with Crippen LogP contribution in [0.1, 0.15) is 22.3 Å². The molecule has 26 heavy (non-hydrogen) atoms. The third kappa shape index (κ3) is 3.57. The molecule has 0 unspecified atom stereocenters. The van der Waals surface area contributed by atoms with Crippen molar-refractivity contribution < 1.29 is 4.79 Å². The zero-order valence-electron chi connectivity index (χ0n) is 14.6. The molecule has 0 aliphatic rings. The fourth-order valence-electron chi connectivity index (χ4n) is 2.82. The average molecular weight is 350 g/mol. The summed E-state index contributed by atoms with van der Waals surface area (Å²) in [7, 11) is 1.78. The van der Waals surface area contributed by atoms with Crippen molar-refractivity contribution in [3.63, 3.8) is 0 Å². The standard InChI is InChI=1S/C19H22N6O/c1-22-15-6-3-2-5-14(15)18(21)24-19(26)13-7-8-17-16(11-13)23-12-25(17)10-4-9-20/h2-3,5-8,11-12,22H,4,9-10,20H2,1H3,(H2,21,24,26). The molecule has 2 aromatic carbocycles. The van der Waals surface area contributed by atoms with Gasteiger partial charge in [-0.1, -0.05) is 12.1 Å². The van der Waals surface area contributed by atoms with Crippen LogP contribution in [0.5, 0.6) is 0 Å². The fourth-order valence-corrected chi connectivity index (χ4v) is 2.82. The molecular weight excluding hydrogens is 328 g/mol. The van der Waals surface area contributed by atoms with Gasteiger partial charge >= 0.3 is 0 Å². The number of para-hydroxylation sites is 1. The molecule has 0 saturated carbocycles. The third-order valence-corrected chi connectivity index (χ3v) is 4.19. The number of nitrogens with two attached hydrogens (primary N) is 1. The molecule has 1 amide bonds. The van der Waals surface area contributed by atoms with Crippen molar-refractivity contribution in [2.24, 2.45) is 5.73 Å². The number of aryl methyl sites for hydroxylation is 1. The minimum Gasteiger partial charge on any atom is -0.388 e. The highest BCUT2D eigenvalue weighted by Crippen LogP contribution is 2.17. The van der Waals surface area contributed by atoms with Crippen LogP contribution in [0.15, 0.2) is 48.8 Å². The number of benzene rings is 2. The summed E-state index contributed by atoms with van der Waals surface area (Å²) in [4.78, 5) is 16.9. The van der Waals surface area contributed by atoms with Crippen LogP contribution in [0.4, 0.5) is 5.69 Å². The number of anilines is 1. The summed E-state index contributed by atoms with van der Waals surface area (Å²) in [6.45, 7) is 1.42. The maximum absolute atomic E-state index is 12.5. The van der Waals surface area contributed by atoms with E-state index in [2.05, 4.69) is 15.6 Å². The van der Waals surface area contributed by atoms with Crippen LogP contribution >= 0.6 is 0 Å². The van der Waals surface area contributed by atoms with Gasteiger partial charge in [-0.25, -0.2) is 4.98 Å². The smallest absolute Gasteiger partial charge is 0.256 e. The van der Waals surface area contributed by atoms with E-state index in [1.54, 1.807) is 31.6 Å². The van der Waals surface area contributed by atoms with Crippen LogP contribution in [-0.2, 0) is 6.54 Å². The zero-order chi connectivity index (χ0) is 18.5. The van der Waals surface area contributed by atoms with Gasteiger partial charge in [0.25, 0.3) is 5.91 Å². The summed E-state index contributed by atoms with van der Waals surface area (Å²) in [5.41, 5.74) is 9.15. The number of hydrogen-bond acceptors (Lipinski definition) is 5. The Bertz CT molecular complexity index is 946. The van der Waals surface area contributed by atoms with Crippen LogP contribution in [0, 0.1) is 5.41 Å². The first-order valence-electron chi connectivity index (χ1n) is 8.46. The number of nitrogens with zero attached hydrogens (tertiary/aromatic N) is 2. The second-order valence-corrected chi connectivity index (χ2v) is 5.91. The number of rotatable bonds is 6. The van der Waals surface area contributed by atoms with E-state index < -0.39 is 0 Å². The first-order valence-corrected chi connectivity index (χ1v) is 8.46. The number of aromatic nitrogens is 2.